The van der Waals surface area contributed by atoms with Crippen molar-refractivity contribution in [2.75, 3.05) is 20.2 Å². The summed E-state index contributed by atoms with van der Waals surface area (Å²) in [5, 5.41) is 11.7. The summed E-state index contributed by atoms with van der Waals surface area (Å²) in [7, 11) is 1.56. The van der Waals surface area contributed by atoms with Gasteiger partial charge in [-0.15, -0.1) is 0 Å². The second-order valence-corrected chi connectivity index (χ2v) is 7.66. The van der Waals surface area contributed by atoms with E-state index in [9.17, 15) is 10.0 Å². The molecule has 0 saturated heterocycles. The molecule has 3 unspecified atom stereocenters. The molecule has 0 spiro atoms. The molecule has 4 aliphatic carbocycles. The molecule has 2 fully saturated rings. The van der Waals surface area contributed by atoms with E-state index >= 15 is 0 Å². The molecule has 0 aromatic carbocycles. The van der Waals surface area contributed by atoms with Gasteiger partial charge in [0.05, 0.1) is 12.0 Å². The first kappa shape index (κ1) is 16.0. The monoisotopic (exact) mass is 306 g/mol. The van der Waals surface area contributed by atoms with Gasteiger partial charge in [-0.1, -0.05) is 24.5 Å². The third-order valence-electron chi connectivity index (χ3n) is 5.59. The van der Waals surface area contributed by atoms with Crippen LogP contribution < -0.4 is 0 Å². The Bertz CT molecular complexity index is 446. The molecule has 0 N–H and O–H groups in total. The minimum atomic E-state index is -0.179. The Balaban J connectivity index is 1.37. The van der Waals surface area contributed by atoms with Crippen molar-refractivity contribution in [1.29, 1.82) is 0 Å². The number of esters is 1. The van der Waals surface area contributed by atoms with E-state index in [0.717, 1.165) is 55.9 Å². The number of unbranched alkanes of at least 4 members (excludes halogenated alkanes) is 3. The van der Waals surface area contributed by atoms with Gasteiger partial charge in [0.1, 0.15) is 0 Å². The summed E-state index contributed by atoms with van der Waals surface area (Å²) in [5.41, 5.74) is 1.33. The van der Waals surface area contributed by atoms with Crippen LogP contribution in [0.15, 0.2) is 11.6 Å². The van der Waals surface area contributed by atoms with E-state index in [1.54, 1.807) is 7.05 Å². The normalized spacial score (nSPS) is 32.4. The fourth-order valence-electron chi connectivity index (χ4n) is 4.84. The Morgan fingerprint density at radius 3 is 2.91 bits per heavy atom. The molecular weight excluding hydrogens is 278 g/mol. The van der Waals surface area contributed by atoms with Gasteiger partial charge in [-0.25, -0.2) is 0 Å². The molecule has 4 nitrogen and oxygen atoms in total. The minimum Gasteiger partial charge on any atom is -0.785 e. The molecule has 4 rings (SSSR count). The first-order valence-electron chi connectivity index (χ1n) is 8.82. The van der Waals surface area contributed by atoms with Crippen molar-refractivity contribution in [1.82, 2.24) is 5.06 Å². The predicted molar refractivity (Wildman–Crippen MR) is 86.0 cm³/mol. The van der Waals surface area contributed by atoms with Crippen LogP contribution in [0.3, 0.4) is 0 Å². The maximum Gasteiger partial charge on any atom is 0.312 e. The van der Waals surface area contributed by atoms with Gasteiger partial charge in [0.25, 0.3) is 0 Å². The fraction of sp³-hybridized carbons (Fsp3) is 0.833. The molecule has 4 aliphatic rings. The molecule has 3 atom stereocenters. The fourth-order valence-corrected chi connectivity index (χ4v) is 4.84. The lowest BCUT2D eigenvalue weighted by Gasteiger charge is -2.50. The first-order chi connectivity index (χ1) is 10.6. The number of hydrogen-bond donors (Lipinski definition) is 0. The number of ether oxygens (including phenoxy) is 1. The zero-order valence-corrected chi connectivity index (χ0v) is 13.7. The van der Waals surface area contributed by atoms with E-state index in [1.165, 1.54) is 18.4 Å². The first-order valence-corrected chi connectivity index (χ1v) is 8.82. The van der Waals surface area contributed by atoms with Crippen molar-refractivity contribution in [2.45, 2.75) is 57.8 Å². The van der Waals surface area contributed by atoms with E-state index in [1.807, 2.05) is 0 Å². The Hall–Kier alpha value is -0.870. The predicted octanol–water partition coefficient (Wildman–Crippen LogP) is 3.66. The highest BCUT2D eigenvalue weighted by molar-refractivity contribution is 5.78. The molecule has 2 saturated carbocycles. The standard InChI is InChI=1S/C18H28NO3/c1-19(21)6-4-2-3-5-7-22-17(20)18-11-14-8-15(12-18)10-16(9-14)13-18/h8,14,16H,2-7,9-13H2,1H3/q-1. The highest BCUT2D eigenvalue weighted by atomic mass is 16.5. The number of nitrogens with zero attached hydrogens (tertiary/aromatic N) is 1. The third-order valence-corrected chi connectivity index (χ3v) is 5.59. The Labute approximate surface area is 133 Å². The van der Waals surface area contributed by atoms with Crippen LogP contribution in [0.4, 0.5) is 0 Å². The van der Waals surface area contributed by atoms with Crippen LogP contribution in [-0.4, -0.2) is 31.2 Å². The van der Waals surface area contributed by atoms with Crippen molar-refractivity contribution >= 4 is 5.97 Å². The zero-order chi connectivity index (χ0) is 15.6. The van der Waals surface area contributed by atoms with E-state index in [4.69, 9.17) is 4.74 Å². The summed E-state index contributed by atoms with van der Waals surface area (Å²) in [6.45, 7) is 1.14. The molecule has 0 radical (unpaired) electrons. The average Bonchev–Trinajstić information content (AvgIpc) is 2.44. The average molecular weight is 306 g/mol. The SMILES string of the molecule is CN([O-])CCCCCCOC(=O)C12CC3=CC(CC(C3)C1)C2. The third kappa shape index (κ3) is 3.54. The number of allylic oxidation sites excluding steroid dienone is 2. The van der Waals surface area contributed by atoms with Crippen molar-refractivity contribution in [2.24, 2.45) is 17.3 Å². The quantitative estimate of drug-likeness (QED) is 0.297. The van der Waals surface area contributed by atoms with Gasteiger partial charge >= 0.3 is 5.97 Å². The van der Waals surface area contributed by atoms with E-state index in [0.29, 0.717) is 19.1 Å². The number of rotatable bonds is 8. The summed E-state index contributed by atoms with van der Waals surface area (Å²) in [6.07, 6.45) is 11.9. The summed E-state index contributed by atoms with van der Waals surface area (Å²) < 4.78 is 5.62. The molecule has 0 aromatic heterocycles. The lowest BCUT2D eigenvalue weighted by molar-refractivity contribution is -0.162. The molecule has 0 heterocycles. The van der Waals surface area contributed by atoms with Crippen LogP contribution in [0, 0.1) is 22.5 Å². The van der Waals surface area contributed by atoms with Crippen LogP contribution in [0.25, 0.3) is 0 Å². The largest absolute Gasteiger partial charge is 0.785 e. The number of carbonyl (C=O) groups excluding carboxylic acids is 1. The van der Waals surface area contributed by atoms with Gasteiger partial charge in [-0.3, -0.25) is 4.79 Å². The van der Waals surface area contributed by atoms with Gasteiger partial charge < -0.3 is 15.0 Å². The van der Waals surface area contributed by atoms with Crippen molar-refractivity contribution in [3.05, 3.63) is 16.9 Å². The van der Waals surface area contributed by atoms with Crippen molar-refractivity contribution in [3.63, 3.8) is 0 Å². The molecule has 124 valence electrons. The van der Waals surface area contributed by atoms with Crippen LogP contribution in [0.5, 0.6) is 0 Å². The molecule has 0 aliphatic heterocycles. The Morgan fingerprint density at radius 2 is 2.18 bits per heavy atom. The second kappa shape index (κ2) is 6.71. The lowest BCUT2D eigenvalue weighted by Crippen LogP contribution is -2.46. The van der Waals surface area contributed by atoms with Gasteiger partial charge in [-0.05, 0) is 70.4 Å². The maximum atomic E-state index is 12.6. The summed E-state index contributed by atoms with van der Waals surface area (Å²) in [6, 6.07) is 0. The Kier molecular flexibility index (Phi) is 4.88. The van der Waals surface area contributed by atoms with E-state index in [2.05, 4.69) is 6.08 Å². The van der Waals surface area contributed by atoms with E-state index < -0.39 is 0 Å². The number of hydrogen-bond acceptors (Lipinski definition) is 4. The summed E-state index contributed by atoms with van der Waals surface area (Å²) >= 11 is 0. The molecule has 0 aromatic rings. The van der Waals surface area contributed by atoms with Crippen molar-refractivity contribution < 1.29 is 9.53 Å². The van der Waals surface area contributed by atoms with Gasteiger partial charge in [0.15, 0.2) is 0 Å². The second-order valence-electron chi connectivity index (χ2n) is 7.66. The number of carbonyl (C=O) groups is 1. The minimum absolute atomic E-state index is 0.0618. The van der Waals surface area contributed by atoms with Gasteiger partial charge in [-0.2, -0.15) is 0 Å². The topological polar surface area (TPSA) is 52.6 Å². The van der Waals surface area contributed by atoms with Gasteiger partial charge in [0, 0.05) is 0 Å². The zero-order valence-electron chi connectivity index (χ0n) is 13.7. The lowest BCUT2D eigenvalue weighted by atomic mass is 9.53. The highest BCUT2D eigenvalue weighted by Crippen LogP contribution is 2.57. The van der Waals surface area contributed by atoms with Gasteiger partial charge in [0.2, 0.25) is 0 Å². The number of hydroxylamine groups is 2. The van der Waals surface area contributed by atoms with Crippen LogP contribution in [0.2, 0.25) is 0 Å². The summed E-state index contributed by atoms with van der Waals surface area (Å²) in [5.74, 6) is 1.42. The van der Waals surface area contributed by atoms with Crippen LogP contribution in [-0.2, 0) is 9.53 Å². The smallest absolute Gasteiger partial charge is 0.312 e. The molecule has 22 heavy (non-hydrogen) atoms. The molecule has 0 amide bonds. The molecule has 4 bridgehead atoms. The van der Waals surface area contributed by atoms with E-state index in [-0.39, 0.29) is 11.4 Å². The van der Waals surface area contributed by atoms with Crippen LogP contribution in [0.1, 0.15) is 57.8 Å². The molecular formula is C18H28NO3-. The van der Waals surface area contributed by atoms with Crippen LogP contribution >= 0.6 is 0 Å². The maximum absolute atomic E-state index is 12.6. The summed E-state index contributed by atoms with van der Waals surface area (Å²) in [4.78, 5) is 12.6. The molecule has 4 heteroatoms. The highest BCUT2D eigenvalue weighted by Gasteiger charge is 2.52. The Morgan fingerprint density at radius 1 is 1.36 bits per heavy atom. The van der Waals surface area contributed by atoms with Crippen molar-refractivity contribution in [3.8, 4) is 0 Å².